The number of pyridine rings is 1. The van der Waals surface area contributed by atoms with Gasteiger partial charge in [0.1, 0.15) is 11.5 Å². The molecule has 0 spiro atoms. The maximum Gasteiger partial charge on any atom is 0.303 e. The molecule has 1 heterocycles. The van der Waals surface area contributed by atoms with E-state index in [2.05, 4.69) is 9.98 Å². The second-order valence-electron chi connectivity index (χ2n) is 7.71. The molecule has 6 heteroatoms. The van der Waals surface area contributed by atoms with Crippen molar-refractivity contribution in [1.29, 1.82) is 0 Å². The Morgan fingerprint density at radius 3 is 2.48 bits per heavy atom. The molecule has 0 aliphatic carbocycles. The largest absolute Gasteiger partial charge is 0.511 e. The van der Waals surface area contributed by atoms with Gasteiger partial charge in [-0.15, -0.1) is 0 Å². The summed E-state index contributed by atoms with van der Waals surface area (Å²) in [5, 5.41) is 18.9. The van der Waals surface area contributed by atoms with Crippen LogP contribution in [0.15, 0.2) is 83.3 Å². The SMILES string of the molecule is C/C(O)=C(\CCOc1ccc(CCC(=O)O)c(C)c1)N=Cc1ccc(-c2ccccn2)cc1. The lowest BCUT2D eigenvalue weighted by Gasteiger charge is -2.10. The van der Waals surface area contributed by atoms with Crippen LogP contribution < -0.4 is 4.74 Å². The third kappa shape index (κ3) is 7.31. The molecule has 0 saturated heterocycles. The maximum absolute atomic E-state index is 10.8. The molecule has 0 radical (unpaired) electrons. The maximum atomic E-state index is 10.8. The van der Waals surface area contributed by atoms with Gasteiger partial charge in [-0.25, -0.2) is 0 Å². The van der Waals surface area contributed by atoms with Gasteiger partial charge in [0, 0.05) is 30.8 Å². The number of aliphatic imine (C=N–C) groups is 1. The third-order valence-corrected chi connectivity index (χ3v) is 5.19. The molecule has 0 aliphatic heterocycles. The van der Waals surface area contributed by atoms with E-state index in [9.17, 15) is 9.90 Å². The van der Waals surface area contributed by atoms with Crippen molar-refractivity contribution in [3.63, 3.8) is 0 Å². The van der Waals surface area contributed by atoms with Crippen molar-refractivity contribution in [3.05, 3.63) is 95.0 Å². The first-order chi connectivity index (χ1) is 15.9. The number of carboxylic acids is 1. The van der Waals surface area contributed by atoms with Crippen LogP contribution in [-0.2, 0) is 11.2 Å². The number of hydrogen-bond donors (Lipinski definition) is 2. The number of rotatable bonds is 10. The van der Waals surface area contributed by atoms with Crippen LogP contribution in [0.3, 0.4) is 0 Å². The Labute approximate surface area is 193 Å². The lowest BCUT2D eigenvalue weighted by molar-refractivity contribution is -0.136. The first-order valence-corrected chi connectivity index (χ1v) is 10.8. The normalized spacial score (nSPS) is 11.9. The summed E-state index contributed by atoms with van der Waals surface area (Å²) >= 11 is 0. The number of allylic oxidation sites excluding steroid dienone is 1. The number of aryl methyl sites for hydroxylation is 2. The highest BCUT2D eigenvalue weighted by Gasteiger charge is 2.06. The summed E-state index contributed by atoms with van der Waals surface area (Å²) in [4.78, 5) is 19.6. The molecule has 0 unspecified atom stereocenters. The Bertz CT molecular complexity index is 1130. The smallest absolute Gasteiger partial charge is 0.303 e. The van der Waals surface area contributed by atoms with Gasteiger partial charge in [0.2, 0.25) is 0 Å². The molecule has 1 aromatic heterocycles. The van der Waals surface area contributed by atoms with Crippen LogP contribution in [0.4, 0.5) is 0 Å². The molecule has 0 bridgehead atoms. The molecule has 6 nitrogen and oxygen atoms in total. The molecular weight excluding hydrogens is 416 g/mol. The molecule has 0 fully saturated rings. The van der Waals surface area contributed by atoms with Gasteiger partial charge in [-0.2, -0.15) is 0 Å². The number of ether oxygens (including phenoxy) is 1. The fourth-order valence-electron chi connectivity index (χ4n) is 3.31. The van der Waals surface area contributed by atoms with E-state index in [4.69, 9.17) is 9.84 Å². The third-order valence-electron chi connectivity index (χ3n) is 5.19. The second kappa shape index (κ2) is 11.6. The molecule has 0 aliphatic rings. The Hall–Kier alpha value is -3.93. The monoisotopic (exact) mass is 444 g/mol. The quantitative estimate of drug-likeness (QED) is 0.307. The van der Waals surface area contributed by atoms with Gasteiger partial charge in [0.05, 0.1) is 18.0 Å². The number of aliphatic carboxylic acids is 1. The molecule has 3 rings (SSSR count). The highest BCUT2D eigenvalue weighted by molar-refractivity contribution is 5.81. The fraction of sp³-hybridized carbons (Fsp3) is 0.222. The minimum Gasteiger partial charge on any atom is -0.511 e. The van der Waals surface area contributed by atoms with Gasteiger partial charge in [-0.1, -0.05) is 36.4 Å². The molecule has 0 saturated carbocycles. The van der Waals surface area contributed by atoms with E-state index in [1.165, 1.54) is 0 Å². The summed E-state index contributed by atoms with van der Waals surface area (Å²) in [6.07, 6.45) is 4.54. The molecule has 0 atom stereocenters. The average molecular weight is 445 g/mol. The van der Waals surface area contributed by atoms with Gasteiger partial charge in [0.15, 0.2) is 0 Å². The average Bonchev–Trinajstić information content (AvgIpc) is 2.81. The second-order valence-corrected chi connectivity index (χ2v) is 7.71. The van der Waals surface area contributed by atoms with Crippen LogP contribution in [0.25, 0.3) is 11.3 Å². The van der Waals surface area contributed by atoms with Crippen LogP contribution >= 0.6 is 0 Å². The highest BCUT2D eigenvalue weighted by Crippen LogP contribution is 2.20. The number of aliphatic hydroxyl groups excluding tert-OH is 1. The minimum absolute atomic E-state index is 0.106. The predicted molar refractivity (Wildman–Crippen MR) is 130 cm³/mol. The number of benzene rings is 2. The summed E-state index contributed by atoms with van der Waals surface area (Å²) in [5.41, 5.74) is 5.40. The Morgan fingerprint density at radius 2 is 1.85 bits per heavy atom. The number of carbonyl (C=O) groups is 1. The van der Waals surface area contributed by atoms with E-state index >= 15 is 0 Å². The van der Waals surface area contributed by atoms with E-state index < -0.39 is 5.97 Å². The van der Waals surface area contributed by atoms with E-state index in [-0.39, 0.29) is 12.2 Å². The van der Waals surface area contributed by atoms with Crippen LogP contribution in [0, 0.1) is 6.92 Å². The summed E-state index contributed by atoms with van der Waals surface area (Å²) in [7, 11) is 0. The highest BCUT2D eigenvalue weighted by atomic mass is 16.5. The van der Waals surface area contributed by atoms with E-state index in [1.807, 2.05) is 67.6 Å². The standard InChI is InChI=1S/C27H28N2O4/c1-19-17-24(12-10-22(19)11-13-27(31)32)33-16-14-25(20(2)30)29-18-21-6-8-23(9-7-21)26-5-3-4-15-28-26/h3-10,12,15,17-18,30H,11,13-14,16H2,1-2H3,(H,31,32)/b25-20-,29-18?. The van der Waals surface area contributed by atoms with Crippen LogP contribution in [0.5, 0.6) is 5.75 Å². The first kappa shape index (κ1) is 23.7. The van der Waals surface area contributed by atoms with Gasteiger partial charge in [-0.3, -0.25) is 14.8 Å². The van der Waals surface area contributed by atoms with Crippen LogP contribution in [0.1, 0.15) is 36.5 Å². The Morgan fingerprint density at radius 1 is 1.06 bits per heavy atom. The fourth-order valence-corrected chi connectivity index (χ4v) is 3.31. The number of aromatic nitrogens is 1. The topological polar surface area (TPSA) is 92.0 Å². The Kier molecular flexibility index (Phi) is 8.36. The number of hydrogen-bond acceptors (Lipinski definition) is 5. The zero-order chi connectivity index (χ0) is 23.6. The molecule has 2 N–H and O–H groups in total. The lowest BCUT2D eigenvalue weighted by Crippen LogP contribution is -2.02. The van der Waals surface area contributed by atoms with Crippen LogP contribution in [0.2, 0.25) is 0 Å². The zero-order valence-corrected chi connectivity index (χ0v) is 18.9. The summed E-state index contributed by atoms with van der Waals surface area (Å²) in [6, 6.07) is 19.3. The number of nitrogens with zero attached hydrogens (tertiary/aromatic N) is 2. The van der Waals surface area contributed by atoms with Crippen molar-refractivity contribution in [2.75, 3.05) is 6.61 Å². The molecular formula is C27H28N2O4. The number of aliphatic hydroxyl groups is 1. The molecule has 2 aromatic carbocycles. The van der Waals surface area contributed by atoms with Crippen molar-refractivity contribution in [2.45, 2.75) is 33.1 Å². The van der Waals surface area contributed by atoms with Crippen molar-refractivity contribution in [1.82, 2.24) is 4.98 Å². The Balaban J connectivity index is 1.56. The zero-order valence-electron chi connectivity index (χ0n) is 18.9. The minimum atomic E-state index is -0.807. The van der Waals surface area contributed by atoms with Gasteiger partial charge >= 0.3 is 5.97 Å². The van der Waals surface area contributed by atoms with Crippen molar-refractivity contribution < 1.29 is 19.7 Å². The summed E-state index contributed by atoms with van der Waals surface area (Å²) in [6.45, 7) is 3.91. The van der Waals surface area contributed by atoms with Crippen molar-refractivity contribution in [3.8, 4) is 17.0 Å². The molecule has 3 aromatic rings. The summed E-state index contributed by atoms with van der Waals surface area (Å²) in [5.74, 6) is 0.0499. The van der Waals surface area contributed by atoms with Gasteiger partial charge in [-0.05, 0) is 61.2 Å². The van der Waals surface area contributed by atoms with Crippen LogP contribution in [-0.4, -0.2) is 34.0 Å². The van der Waals surface area contributed by atoms with E-state index in [1.54, 1.807) is 19.3 Å². The summed E-state index contributed by atoms with van der Waals surface area (Å²) < 4.78 is 5.82. The van der Waals surface area contributed by atoms with Crippen molar-refractivity contribution in [2.24, 2.45) is 4.99 Å². The predicted octanol–water partition coefficient (Wildman–Crippen LogP) is 5.75. The van der Waals surface area contributed by atoms with E-state index in [0.717, 1.165) is 27.9 Å². The molecule has 33 heavy (non-hydrogen) atoms. The molecule has 170 valence electrons. The molecule has 0 amide bonds. The van der Waals surface area contributed by atoms with E-state index in [0.29, 0.717) is 30.9 Å². The first-order valence-electron chi connectivity index (χ1n) is 10.8. The lowest BCUT2D eigenvalue weighted by atomic mass is 10.0. The van der Waals surface area contributed by atoms with Gasteiger partial charge in [0.25, 0.3) is 0 Å². The van der Waals surface area contributed by atoms with Gasteiger partial charge < -0.3 is 14.9 Å². The van der Waals surface area contributed by atoms with Crippen molar-refractivity contribution >= 4 is 12.2 Å². The number of carboxylic acid groups (broad SMARTS) is 1.